The van der Waals surface area contributed by atoms with Crippen LogP contribution in [0, 0.1) is 0 Å². The molecule has 0 aliphatic carbocycles. The number of carbonyl (C=O) groups is 3. The summed E-state index contributed by atoms with van der Waals surface area (Å²) in [5.41, 5.74) is 0. The standard InChI is InChI=1S/C54H103NO7/c1-6-8-10-12-14-16-18-20-22-23-24-25-26-27-28-29-31-32-34-36-38-40-42-44-52(56)61-49-50(48-60-47-46-51(54(58)59)55(3,4)5)62-53(57)45-43-41-39-37-35-33-30-21-19-17-15-13-11-9-7-2/h27-28,50-51H,6-26,29-49H2,1-5H3/b28-27+. The summed E-state index contributed by atoms with van der Waals surface area (Å²) in [6.07, 6.45) is 51.0. The van der Waals surface area contributed by atoms with Crippen LogP contribution in [0.4, 0.5) is 0 Å². The van der Waals surface area contributed by atoms with E-state index in [1.807, 2.05) is 21.1 Å². The highest BCUT2D eigenvalue weighted by Gasteiger charge is 2.25. The Hall–Kier alpha value is -1.93. The van der Waals surface area contributed by atoms with E-state index in [0.717, 1.165) is 38.5 Å². The number of esters is 2. The number of allylic oxidation sites excluding steroid dienone is 2. The molecule has 62 heavy (non-hydrogen) atoms. The van der Waals surface area contributed by atoms with E-state index in [9.17, 15) is 19.5 Å². The van der Waals surface area contributed by atoms with Gasteiger partial charge in [0, 0.05) is 19.3 Å². The summed E-state index contributed by atoms with van der Waals surface area (Å²) < 4.78 is 17.3. The number of rotatable bonds is 49. The van der Waals surface area contributed by atoms with Crippen molar-refractivity contribution in [2.45, 2.75) is 276 Å². The second kappa shape index (κ2) is 45.6. The Morgan fingerprint density at radius 1 is 0.468 bits per heavy atom. The molecule has 8 nitrogen and oxygen atoms in total. The first-order valence-electron chi connectivity index (χ1n) is 26.7. The van der Waals surface area contributed by atoms with E-state index in [0.29, 0.717) is 12.8 Å². The van der Waals surface area contributed by atoms with Gasteiger partial charge in [0.1, 0.15) is 12.6 Å². The Balaban J connectivity index is 4.15. The predicted octanol–water partition coefficient (Wildman–Crippen LogP) is 14.1. The van der Waals surface area contributed by atoms with Crippen LogP contribution in [0.3, 0.4) is 0 Å². The molecule has 0 aliphatic heterocycles. The molecule has 0 rings (SSSR count). The van der Waals surface area contributed by atoms with Crippen molar-refractivity contribution in [3.8, 4) is 0 Å². The highest BCUT2D eigenvalue weighted by Crippen LogP contribution is 2.17. The molecule has 8 heteroatoms. The Morgan fingerprint density at radius 2 is 0.806 bits per heavy atom. The van der Waals surface area contributed by atoms with Gasteiger partial charge in [-0.3, -0.25) is 9.59 Å². The quantitative estimate of drug-likeness (QED) is 0.0260. The molecule has 0 radical (unpaired) electrons. The Labute approximate surface area is 384 Å². The topological polar surface area (TPSA) is 102 Å². The van der Waals surface area contributed by atoms with Gasteiger partial charge in [0.25, 0.3) is 0 Å². The van der Waals surface area contributed by atoms with Crippen molar-refractivity contribution in [2.75, 3.05) is 41.0 Å². The number of hydrogen-bond acceptors (Lipinski definition) is 7. The van der Waals surface area contributed by atoms with Crippen molar-refractivity contribution < 1.29 is 38.2 Å². The van der Waals surface area contributed by atoms with Gasteiger partial charge < -0.3 is 28.6 Å². The minimum Gasteiger partial charge on any atom is -0.544 e. The number of carboxylic acid groups (broad SMARTS) is 1. The molecule has 0 aromatic rings. The van der Waals surface area contributed by atoms with Gasteiger partial charge in [0.15, 0.2) is 6.10 Å². The lowest BCUT2D eigenvalue weighted by atomic mass is 10.0. The van der Waals surface area contributed by atoms with E-state index in [-0.39, 0.29) is 42.7 Å². The molecule has 2 atom stereocenters. The van der Waals surface area contributed by atoms with Crippen molar-refractivity contribution in [1.82, 2.24) is 0 Å². The van der Waals surface area contributed by atoms with Crippen LogP contribution in [0.2, 0.25) is 0 Å². The van der Waals surface area contributed by atoms with Crippen LogP contribution in [0.5, 0.6) is 0 Å². The second-order valence-electron chi connectivity index (χ2n) is 19.5. The highest BCUT2D eigenvalue weighted by molar-refractivity contribution is 5.70. The Bertz CT molecular complexity index is 1020. The van der Waals surface area contributed by atoms with E-state index < -0.39 is 18.1 Å². The first-order chi connectivity index (χ1) is 30.1. The average molecular weight is 878 g/mol. The number of carboxylic acids is 1. The number of unbranched alkanes of at least 4 members (excludes halogenated alkanes) is 33. The number of carbonyl (C=O) groups excluding carboxylic acids is 3. The minimum atomic E-state index is -1.12. The predicted molar refractivity (Wildman–Crippen MR) is 259 cm³/mol. The van der Waals surface area contributed by atoms with Crippen molar-refractivity contribution in [1.29, 1.82) is 0 Å². The molecular weight excluding hydrogens is 775 g/mol. The fraction of sp³-hybridized carbons (Fsp3) is 0.907. The third-order valence-electron chi connectivity index (χ3n) is 12.4. The number of quaternary nitrogens is 1. The van der Waals surface area contributed by atoms with E-state index in [2.05, 4.69) is 26.0 Å². The van der Waals surface area contributed by atoms with Gasteiger partial charge >= 0.3 is 11.9 Å². The van der Waals surface area contributed by atoms with Crippen LogP contribution in [0.1, 0.15) is 264 Å². The fourth-order valence-corrected chi connectivity index (χ4v) is 8.25. The second-order valence-corrected chi connectivity index (χ2v) is 19.5. The number of likely N-dealkylation sites (N-methyl/N-ethyl adjacent to an activating group) is 1. The summed E-state index contributed by atoms with van der Waals surface area (Å²) in [6.45, 7) is 4.71. The van der Waals surface area contributed by atoms with Crippen molar-refractivity contribution >= 4 is 17.9 Å². The van der Waals surface area contributed by atoms with Gasteiger partial charge in [-0.05, 0) is 38.5 Å². The van der Waals surface area contributed by atoms with Crippen LogP contribution in [-0.2, 0) is 28.6 Å². The third kappa shape index (κ3) is 43.3. The third-order valence-corrected chi connectivity index (χ3v) is 12.4. The zero-order chi connectivity index (χ0) is 45.6. The van der Waals surface area contributed by atoms with E-state index in [1.54, 1.807) is 0 Å². The van der Waals surface area contributed by atoms with Gasteiger partial charge in [0.2, 0.25) is 0 Å². The molecule has 0 N–H and O–H groups in total. The maximum Gasteiger partial charge on any atom is 0.306 e. The molecule has 366 valence electrons. The van der Waals surface area contributed by atoms with Gasteiger partial charge in [-0.1, -0.05) is 219 Å². The molecule has 0 heterocycles. The molecule has 0 saturated carbocycles. The molecule has 0 aromatic heterocycles. The molecule has 0 aromatic carbocycles. The molecule has 0 aliphatic rings. The van der Waals surface area contributed by atoms with Crippen LogP contribution in [0.25, 0.3) is 0 Å². The largest absolute Gasteiger partial charge is 0.544 e. The lowest BCUT2D eigenvalue weighted by Crippen LogP contribution is -2.55. The van der Waals surface area contributed by atoms with Crippen LogP contribution < -0.4 is 5.11 Å². The van der Waals surface area contributed by atoms with Gasteiger partial charge in [-0.2, -0.15) is 0 Å². The fourth-order valence-electron chi connectivity index (χ4n) is 8.25. The number of nitrogens with zero attached hydrogens (tertiary/aromatic N) is 1. The maximum absolute atomic E-state index is 12.8. The van der Waals surface area contributed by atoms with E-state index in [1.165, 1.54) is 193 Å². The smallest absolute Gasteiger partial charge is 0.306 e. The maximum atomic E-state index is 12.8. The number of aliphatic carboxylic acids is 1. The molecule has 0 spiro atoms. The number of hydrogen-bond donors (Lipinski definition) is 0. The van der Waals surface area contributed by atoms with Crippen LogP contribution in [0.15, 0.2) is 12.2 Å². The lowest BCUT2D eigenvalue weighted by molar-refractivity contribution is -0.889. The Morgan fingerprint density at radius 3 is 1.16 bits per heavy atom. The van der Waals surface area contributed by atoms with Gasteiger partial charge in [-0.25, -0.2) is 0 Å². The van der Waals surface area contributed by atoms with E-state index >= 15 is 0 Å². The summed E-state index contributed by atoms with van der Waals surface area (Å²) in [5, 5.41) is 11.7. The lowest BCUT2D eigenvalue weighted by Gasteiger charge is -2.34. The highest BCUT2D eigenvalue weighted by atomic mass is 16.6. The van der Waals surface area contributed by atoms with Crippen LogP contribution in [-0.4, -0.2) is 75.5 Å². The zero-order valence-electron chi connectivity index (χ0n) is 41.8. The summed E-state index contributed by atoms with van der Waals surface area (Å²) >= 11 is 0. The molecular formula is C54H103NO7. The minimum absolute atomic E-state index is 0.0457. The first kappa shape index (κ1) is 60.1. The van der Waals surface area contributed by atoms with E-state index in [4.69, 9.17) is 14.2 Å². The molecule has 2 unspecified atom stereocenters. The number of ether oxygens (including phenoxy) is 3. The Kier molecular flexibility index (Phi) is 44.2. The summed E-state index contributed by atoms with van der Waals surface area (Å²) in [5.74, 6) is -1.72. The molecule has 0 amide bonds. The summed E-state index contributed by atoms with van der Waals surface area (Å²) in [6, 6.07) is -0.722. The van der Waals surface area contributed by atoms with Gasteiger partial charge in [0.05, 0.1) is 40.3 Å². The van der Waals surface area contributed by atoms with Gasteiger partial charge in [-0.15, -0.1) is 0 Å². The summed E-state index contributed by atoms with van der Waals surface area (Å²) in [4.78, 5) is 37.0. The molecule has 0 saturated heterocycles. The normalized spacial score (nSPS) is 12.9. The molecule has 0 fully saturated rings. The van der Waals surface area contributed by atoms with Crippen molar-refractivity contribution in [3.63, 3.8) is 0 Å². The summed E-state index contributed by atoms with van der Waals surface area (Å²) in [7, 11) is 5.43. The first-order valence-corrected chi connectivity index (χ1v) is 26.7. The van der Waals surface area contributed by atoms with Crippen LogP contribution >= 0.6 is 0 Å². The van der Waals surface area contributed by atoms with Crippen molar-refractivity contribution in [2.24, 2.45) is 0 Å². The monoisotopic (exact) mass is 878 g/mol. The molecule has 0 bridgehead atoms. The van der Waals surface area contributed by atoms with Crippen molar-refractivity contribution in [3.05, 3.63) is 12.2 Å². The SMILES string of the molecule is CCCCCCCCCCCCCC/C=C/CCCCCCCCCC(=O)OCC(COCCC(C(=O)[O-])[N+](C)(C)C)OC(=O)CCCCCCCCCCCCCCCCC. The zero-order valence-corrected chi connectivity index (χ0v) is 41.8. The average Bonchev–Trinajstić information content (AvgIpc) is 3.23.